The summed E-state index contributed by atoms with van der Waals surface area (Å²) in [6.45, 7) is 5.24. The molecule has 2 fully saturated rings. The summed E-state index contributed by atoms with van der Waals surface area (Å²) in [6.07, 6.45) is 4.11. The molecule has 2 aromatic carbocycles. The number of nitrogens with one attached hydrogen (secondary N) is 2. The molecule has 2 amide bonds. The third-order valence-electron chi connectivity index (χ3n) is 6.55. The molecule has 2 aliphatic heterocycles. The van der Waals surface area contributed by atoms with Crippen LogP contribution >= 0.6 is 0 Å². The van der Waals surface area contributed by atoms with Gasteiger partial charge < -0.3 is 15.4 Å². The van der Waals surface area contributed by atoms with Gasteiger partial charge in [-0.2, -0.15) is 0 Å². The van der Waals surface area contributed by atoms with Crippen molar-refractivity contribution in [2.75, 3.05) is 39.4 Å². The number of amides is 2. The molecule has 2 heterocycles. The van der Waals surface area contributed by atoms with Crippen LogP contribution in [0.25, 0.3) is 10.8 Å². The molecule has 0 radical (unpaired) electrons. The van der Waals surface area contributed by atoms with Gasteiger partial charge in [0.05, 0.1) is 13.2 Å². The Morgan fingerprint density at radius 1 is 1.13 bits per heavy atom. The number of benzene rings is 2. The van der Waals surface area contributed by atoms with Crippen molar-refractivity contribution in [2.45, 2.75) is 44.1 Å². The first kappa shape index (κ1) is 21.8. The van der Waals surface area contributed by atoms with E-state index in [1.807, 2.05) is 6.07 Å². The SMILES string of the molecule is O=C(CCC1(Cc2cccc3ccccc23)CCC(=O)N1)NCCCN1CCOCC1. The largest absolute Gasteiger partial charge is 0.379 e. The van der Waals surface area contributed by atoms with E-state index >= 15 is 0 Å². The van der Waals surface area contributed by atoms with Crippen molar-refractivity contribution in [1.29, 1.82) is 0 Å². The Bertz CT molecular complexity index is 905. The molecule has 2 N–H and O–H groups in total. The normalized spacial score (nSPS) is 21.9. The number of hydrogen-bond acceptors (Lipinski definition) is 4. The van der Waals surface area contributed by atoms with Crippen LogP contribution in [0.1, 0.15) is 37.7 Å². The fraction of sp³-hybridized carbons (Fsp3) is 0.520. The molecule has 1 atom stereocenters. The van der Waals surface area contributed by atoms with E-state index in [0.717, 1.165) is 52.1 Å². The van der Waals surface area contributed by atoms with E-state index in [1.54, 1.807) is 0 Å². The van der Waals surface area contributed by atoms with Crippen molar-refractivity contribution in [3.8, 4) is 0 Å². The Kier molecular flexibility index (Phi) is 7.20. The highest BCUT2D eigenvalue weighted by Gasteiger charge is 2.38. The number of nitrogens with zero attached hydrogens (tertiary/aromatic N) is 1. The standard InChI is InChI=1S/C25H33N3O3/c29-23(26-13-4-14-28-15-17-31-18-16-28)9-11-25(12-10-24(30)27-25)19-21-7-3-6-20-5-1-2-8-22(20)21/h1-3,5-8H,4,9-19H2,(H,26,29)(H,27,30). The Labute approximate surface area is 184 Å². The lowest BCUT2D eigenvalue weighted by Gasteiger charge is -2.30. The number of carbonyl (C=O) groups is 2. The number of morpholine rings is 1. The van der Waals surface area contributed by atoms with Gasteiger partial charge in [-0.05, 0) is 48.6 Å². The number of rotatable bonds is 9. The van der Waals surface area contributed by atoms with E-state index in [1.165, 1.54) is 16.3 Å². The molecular formula is C25H33N3O3. The Hall–Kier alpha value is -2.44. The zero-order valence-corrected chi connectivity index (χ0v) is 18.2. The third-order valence-corrected chi connectivity index (χ3v) is 6.55. The Balaban J connectivity index is 1.30. The molecule has 31 heavy (non-hydrogen) atoms. The van der Waals surface area contributed by atoms with Gasteiger partial charge in [0.15, 0.2) is 0 Å². The predicted molar refractivity (Wildman–Crippen MR) is 122 cm³/mol. The van der Waals surface area contributed by atoms with E-state index in [4.69, 9.17) is 4.74 Å². The summed E-state index contributed by atoms with van der Waals surface area (Å²) >= 11 is 0. The summed E-state index contributed by atoms with van der Waals surface area (Å²) in [5, 5.41) is 8.69. The van der Waals surface area contributed by atoms with Crippen LogP contribution in [0, 0.1) is 0 Å². The summed E-state index contributed by atoms with van der Waals surface area (Å²) in [6, 6.07) is 14.7. The number of ether oxygens (including phenoxy) is 1. The van der Waals surface area contributed by atoms with E-state index in [2.05, 4.69) is 51.9 Å². The average Bonchev–Trinajstić information content (AvgIpc) is 3.17. The molecule has 2 aliphatic rings. The number of hydrogen-bond donors (Lipinski definition) is 2. The molecule has 1 unspecified atom stereocenters. The van der Waals surface area contributed by atoms with Gasteiger partial charge in [-0.15, -0.1) is 0 Å². The molecule has 0 aromatic heterocycles. The van der Waals surface area contributed by atoms with E-state index in [0.29, 0.717) is 25.8 Å². The molecular weight excluding hydrogens is 390 g/mol. The molecule has 0 spiro atoms. The topological polar surface area (TPSA) is 70.7 Å². The second kappa shape index (κ2) is 10.2. The first-order chi connectivity index (χ1) is 15.1. The summed E-state index contributed by atoms with van der Waals surface area (Å²) in [7, 11) is 0. The van der Waals surface area contributed by atoms with Gasteiger partial charge in [0.2, 0.25) is 11.8 Å². The highest BCUT2D eigenvalue weighted by Crippen LogP contribution is 2.32. The lowest BCUT2D eigenvalue weighted by atomic mass is 9.83. The number of carbonyl (C=O) groups excluding carboxylic acids is 2. The maximum Gasteiger partial charge on any atom is 0.220 e. The van der Waals surface area contributed by atoms with Gasteiger partial charge in [-0.25, -0.2) is 0 Å². The zero-order chi connectivity index (χ0) is 21.5. The molecule has 0 bridgehead atoms. The van der Waals surface area contributed by atoms with Crippen LogP contribution in [0.15, 0.2) is 42.5 Å². The van der Waals surface area contributed by atoms with E-state index < -0.39 is 0 Å². The van der Waals surface area contributed by atoms with Crippen molar-refractivity contribution < 1.29 is 14.3 Å². The van der Waals surface area contributed by atoms with Gasteiger partial charge in [0.25, 0.3) is 0 Å². The van der Waals surface area contributed by atoms with Gasteiger partial charge in [-0.3, -0.25) is 14.5 Å². The predicted octanol–water partition coefficient (Wildman–Crippen LogP) is 2.65. The van der Waals surface area contributed by atoms with Crippen LogP contribution in [-0.4, -0.2) is 61.6 Å². The van der Waals surface area contributed by atoms with Crippen molar-refractivity contribution in [2.24, 2.45) is 0 Å². The second-order valence-electron chi connectivity index (χ2n) is 8.80. The number of fused-ring (bicyclic) bond motifs is 1. The van der Waals surface area contributed by atoms with Crippen molar-refractivity contribution in [1.82, 2.24) is 15.5 Å². The van der Waals surface area contributed by atoms with Crippen molar-refractivity contribution >= 4 is 22.6 Å². The van der Waals surface area contributed by atoms with Gasteiger partial charge >= 0.3 is 0 Å². The maximum atomic E-state index is 12.5. The quantitative estimate of drug-likeness (QED) is 0.609. The molecule has 0 aliphatic carbocycles. The van der Waals surface area contributed by atoms with E-state index in [-0.39, 0.29) is 17.4 Å². The van der Waals surface area contributed by atoms with Crippen molar-refractivity contribution in [3.05, 3.63) is 48.0 Å². The molecule has 4 rings (SSSR count). The second-order valence-corrected chi connectivity index (χ2v) is 8.80. The highest BCUT2D eigenvalue weighted by atomic mass is 16.5. The fourth-order valence-electron chi connectivity index (χ4n) is 4.79. The van der Waals surface area contributed by atoms with Crippen LogP contribution in [-0.2, 0) is 20.7 Å². The monoisotopic (exact) mass is 423 g/mol. The van der Waals surface area contributed by atoms with Gasteiger partial charge in [0, 0.05) is 38.0 Å². The van der Waals surface area contributed by atoms with Crippen LogP contribution in [0.2, 0.25) is 0 Å². The van der Waals surface area contributed by atoms with Crippen LogP contribution in [0.3, 0.4) is 0 Å². The van der Waals surface area contributed by atoms with Crippen LogP contribution < -0.4 is 10.6 Å². The maximum absolute atomic E-state index is 12.5. The molecule has 6 nitrogen and oxygen atoms in total. The lowest BCUT2D eigenvalue weighted by Crippen LogP contribution is -2.44. The minimum Gasteiger partial charge on any atom is -0.379 e. The van der Waals surface area contributed by atoms with Crippen LogP contribution in [0.5, 0.6) is 0 Å². The first-order valence-corrected chi connectivity index (χ1v) is 11.5. The molecule has 6 heteroatoms. The van der Waals surface area contributed by atoms with Gasteiger partial charge in [0.1, 0.15) is 0 Å². The van der Waals surface area contributed by atoms with Gasteiger partial charge in [-0.1, -0.05) is 42.5 Å². The molecule has 2 saturated heterocycles. The zero-order valence-electron chi connectivity index (χ0n) is 18.2. The summed E-state index contributed by atoms with van der Waals surface area (Å²) in [5.41, 5.74) is 0.887. The average molecular weight is 424 g/mol. The summed E-state index contributed by atoms with van der Waals surface area (Å²) in [4.78, 5) is 27.0. The smallest absolute Gasteiger partial charge is 0.220 e. The first-order valence-electron chi connectivity index (χ1n) is 11.5. The fourth-order valence-corrected chi connectivity index (χ4v) is 4.79. The molecule has 0 saturated carbocycles. The van der Waals surface area contributed by atoms with Crippen LogP contribution in [0.4, 0.5) is 0 Å². The Morgan fingerprint density at radius 3 is 2.74 bits per heavy atom. The third kappa shape index (κ3) is 5.83. The lowest BCUT2D eigenvalue weighted by molar-refractivity contribution is -0.122. The Morgan fingerprint density at radius 2 is 1.94 bits per heavy atom. The van der Waals surface area contributed by atoms with E-state index in [9.17, 15) is 9.59 Å². The summed E-state index contributed by atoms with van der Waals surface area (Å²) in [5.74, 6) is 0.159. The molecule has 166 valence electrons. The minimum absolute atomic E-state index is 0.0698. The minimum atomic E-state index is -0.341. The highest BCUT2D eigenvalue weighted by molar-refractivity contribution is 5.86. The summed E-state index contributed by atoms with van der Waals surface area (Å²) < 4.78 is 5.37. The molecule has 2 aromatic rings. The van der Waals surface area contributed by atoms with Crippen molar-refractivity contribution in [3.63, 3.8) is 0 Å².